The summed E-state index contributed by atoms with van der Waals surface area (Å²) in [5, 5.41) is 15.2. The fourth-order valence-electron chi connectivity index (χ4n) is 2.57. The zero-order valence-corrected chi connectivity index (χ0v) is 13.3. The molecule has 2 unspecified atom stereocenters. The van der Waals surface area contributed by atoms with Crippen LogP contribution in [-0.2, 0) is 4.79 Å². The summed E-state index contributed by atoms with van der Waals surface area (Å²) in [7, 11) is 0. The number of amides is 2. The molecule has 116 valence electrons. The Labute approximate surface area is 125 Å². The van der Waals surface area contributed by atoms with Gasteiger partial charge in [0, 0.05) is 11.3 Å². The van der Waals surface area contributed by atoms with Crippen LogP contribution in [0, 0.1) is 5.92 Å². The SMILES string of the molecule is CSC1CCCC(NC(=O)N[C@H](CC(C)C)C(=O)O)C1. The summed E-state index contributed by atoms with van der Waals surface area (Å²) in [5.41, 5.74) is 0. The highest BCUT2D eigenvalue weighted by Gasteiger charge is 2.25. The average Bonchev–Trinajstić information content (AvgIpc) is 2.37. The van der Waals surface area contributed by atoms with E-state index < -0.39 is 12.0 Å². The van der Waals surface area contributed by atoms with E-state index in [1.165, 1.54) is 6.42 Å². The van der Waals surface area contributed by atoms with Gasteiger partial charge >= 0.3 is 12.0 Å². The van der Waals surface area contributed by atoms with Crippen molar-refractivity contribution < 1.29 is 14.7 Å². The van der Waals surface area contributed by atoms with Crippen molar-refractivity contribution in [3.8, 4) is 0 Å². The Hall–Kier alpha value is -0.910. The van der Waals surface area contributed by atoms with Gasteiger partial charge in [-0.2, -0.15) is 11.8 Å². The summed E-state index contributed by atoms with van der Waals surface area (Å²) >= 11 is 1.84. The highest BCUT2D eigenvalue weighted by molar-refractivity contribution is 7.99. The van der Waals surface area contributed by atoms with E-state index in [4.69, 9.17) is 5.11 Å². The molecule has 0 radical (unpaired) electrons. The molecule has 1 rings (SSSR count). The lowest BCUT2D eigenvalue weighted by atomic mass is 9.95. The number of hydrogen-bond acceptors (Lipinski definition) is 3. The number of aliphatic carboxylic acids is 1. The number of carboxylic acids is 1. The van der Waals surface area contributed by atoms with Gasteiger partial charge < -0.3 is 15.7 Å². The molecule has 1 aliphatic carbocycles. The molecule has 0 saturated heterocycles. The molecule has 1 saturated carbocycles. The molecule has 1 aliphatic rings. The van der Waals surface area contributed by atoms with Gasteiger partial charge in [0.15, 0.2) is 0 Å². The second-order valence-electron chi connectivity index (χ2n) is 5.86. The second kappa shape index (κ2) is 8.39. The van der Waals surface area contributed by atoms with Crippen molar-refractivity contribution in [3.63, 3.8) is 0 Å². The van der Waals surface area contributed by atoms with Gasteiger partial charge in [0.1, 0.15) is 6.04 Å². The van der Waals surface area contributed by atoms with Crippen LogP contribution in [0.1, 0.15) is 46.0 Å². The van der Waals surface area contributed by atoms with E-state index in [0.29, 0.717) is 11.7 Å². The van der Waals surface area contributed by atoms with Gasteiger partial charge in [0.05, 0.1) is 0 Å². The monoisotopic (exact) mass is 302 g/mol. The summed E-state index contributed by atoms with van der Waals surface area (Å²) < 4.78 is 0. The Morgan fingerprint density at radius 1 is 1.35 bits per heavy atom. The van der Waals surface area contributed by atoms with Crippen LogP contribution in [0.25, 0.3) is 0 Å². The maximum atomic E-state index is 11.9. The molecule has 0 heterocycles. The minimum absolute atomic E-state index is 0.162. The maximum Gasteiger partial charge on any atom is 0.326 e. The van der Waals surface area contributed by atoms with Gasteiger partial charge in [0.25, 0.3) is 0 Å². The van der Waals surface area contributed by atoms with Crippen molar-refractivity contribution in [3.05, 3.63) is 0 Å². The van der Waals surface area contributed by atoms with Crippen LogP contribution in [0.4, 0.5) is 4.79 Å². The molecule has 0 aliphatic heterocycles. The number of carboxylic acid groups (broad SMARTS) is 1. The van der Waals surface area contributed by atoms with Crippen molar-refractivity contribution in [1.82, 2.24) is 10.6 Å². The van der Waals surface area contributed by atoms with E-state index in [2.05, 4.69) is 16.9 Å². The molecule has 0 bridgehead atoms. The third-order valence-electron chi connectivity index (χ3n) is 3.61. The summed E-state index contributed by atoms with van der Waals surface area (Å²) in [6.07, 6.45) is 6.80. The summed E-state index contributed by atoms with van der Waals surface area (Å²) in [6.45, 7) is 3.89. The number of carbonyl (C=O) groups excluding carboxylic acids is 1. The van der Waals surface area contributed by atoms with Gasteiger partial charge in [-0.1, -0.05) is 20.3 Å². The summed E-state index contributed by atoms with van der Waals surface area (Å²) in [5.74, 6) is -0.744. The molecule has 20 heavy (non-hydrogen) atoms. The van der Waals surface area contributed by atoms with Crippen LogP contribution in [0.2, 0.25) is 0 Å². The van der Waals surface area contributed by atoms with Crippen molar-refractivity contribution in [2.75, 3.05) is 6.26 Å². The normalized spacial score (nSPS) is 24.2. The Morgan fingerprint density at radius 3 is 2.60 bits per heavy atom. The van der Waals surface area contributed by atoms with Crippen LogP contribution in [-0.4, -0.2) is 40.7 Å². The van der Waals surface area contributed by atoms with Gasteiger partial charge in [-0.25, -0.2) is 9.59 Å². The zero-order chi connectivity index (χ0) is 15.1. The first kappa shape index (κ1) is 17.1. The average molecular weight is 302 g/mol. The molecule has 5 nitrogen and oxygen atoms in total. The van der Waals surface area contributed by atoms with Crippen LogP contribution in [0.15, 0.2) is 0 Å². The number of nitrogens with one attached hydrogen (secondary N) is 2. The maximum absolute atomic E-state index is 11.9. The van der Waals surface area contributed by atoms with Crippen molar-refractivity contribution >= 4 is 23.8 Å². The number of urea groups is 1. The predicted molar refractivity (Wildman–Crippen MR) is 82.1 cm³/mol. The molecule has 0 aromatic rings. The zero-order valence-electron chi connectivity index (χ0n) is 12.5. The fourth-order valence-corrected chi connectivity index (χ4v) is 3.40. The van der Waals surface area contributed by atoms with E-state index in [9.17, 15) is 9.59 Å². The number of carbonyl (C=O) groups is 2. The minimum atomic E-state index is -0.973. The van der Waals surface area contributed by atoms with Crippen molar-refractivity contribution in [1.29, 1.82) is 0 Å². The first-order valence-electron chi connectivity index (χ1n) is 7.25. The number of hydrogen-bond donors (Lipinski definition) is 3. The lowest BCUT2D eigenvalue weighted by molar-refractivity contribution is -0.139. The number of rotatable bonds is 6. The van der Waals surface area contributed by atoms with Crippen LogP contribution in [0.5, 0.6) is 0 Å². The van der Waals surface area contributed by atoms with E-state index in [-0.39, 0.29) is 18.0 Å². The predicted octanol–water partition coefficient (Wildman–Crippen LogP) is 2.46. The van der Waals surface area contributed by atoms with Gasteiger partial charge in [-0.05, 0) is 37.9 Å². The number of thioether (sulfide) groups is 1. The topological polar surface area (TPSA) is 78.4 Å². The lowest BCUT2D eigenvalue weighted by Crippen LogP contribution is -2.50. The first-order valence-corrected chi connectivity index (χ1v) is 8.53. The van der Waals surface area contributed by atoms with Crippen molar-refractivity contribution in [2.45, 2.75) is 63.3 Å². The van der Waals surface area contributed by atoms with Crippen LogP contribution >= 0.6 is 11.8 Å². The molecule has 0 aromatic carbocycles. The Kier molecular flexibility index (Phi) is 7.19. The molecule has 0 spiro atoms. The Balaban J connectivity index is 2.42. The fraction of sp³-hybridized carbons (Fsp3) is 0.857. The molecule has 6 heteroatoms. The minimum Gasteiger partial charge on any atom is -0.480 e. The third-order valence-corrected chi connectivity index (χ3v) is 4.70. The second-order valence-corrected chi connectivity index (χ2v) is 7.00. The molecule has 2 amide bonds. The standard InChI is InChI=1S/C14H26N2O3S/c1-9(2)7-12(13(17)18)16-14(19)15-10-5-4-6-11(8-10)20-3/h9-12H,4-8H2,1-3H3,(H,17,18)(H2,15,16,19)/t10?,11?,12-/m1/s1. The highest BCUT2D eigenvalue weighted by Crippen LogP contribution is 2.26. The molecule has 1 fully saturated rings. The van der Waals surface area contributed by atoms with Gasteiger partial charge in [-0.15, -0.1) is 0 Å². The van der Waals surface area contributed by atoms with E-state index in [0.717, 1.165) is 19.3 Å². The largest absolute Gasteiger partial charge is 0.480 e. The third kappa shape index (κ3) is 6.03. The molecule has 0 aromatic heterocycles. The van der Waals surface area contributed by atoms with E-state index in [1.807, 2.05) is 25.6 Å². The molecule has 3 atom stereocenters. The van der Waals surface area contributed by atoms with Crippen LogP contribution < -0.4 is 10.6 Å². The summed E-state index contributed by atoms with van der Waals surface area (Å²) in [4.78, 5) is 23.0. The lowest BCUT2D eigenvalue weighted by Gasteiger charge is -2.29. The van der Waals surface area contributed by atoms with E-state index in [1.54, 1.807) is 0 Å². The smallest absolute Gasteiger partial charge is 0.326 e. The summed E-state index contributed by atoms with van der Waals surface area (Å²) in [6, 6.07) is -1.01. The van der Waals surface area contributed by atoms with Crippen molar-refractivity contribution in [2.24, 2.45) is 5.92 Å². The van der Waals surface area contributed by atoms with Gasteiger partial charge in [-0.3, -0.25) is 0 Å². The molecular formula is C14H26N2O3S. The molecular weight excluding hydrogens is 276 g/mol. The Bertz CT molecular complexity index is 336. The Morgan fingerprint density at radius 2 is 2.05 bits per heavy atom. The van der Waals surface area contributed by atoms with E-state index >= 15 is 0 Å². The highest BCUT2D eigenvalue weighted by atomic mass is 32.2. The van der Waals surface area contributed by atoms with Gasteiger partial charge in [0.2, 0.25) is 0 Å². The molecule has 3 N–H and O–H groups in total. The van der Waals surface area contributed by atoms with Crippen LogP contribution in [0.3, 0.4) is 0 Å². The first-order chi connectivity index (χ1) is 9.42. The quantitative estimate of drug-likeness (QED) is 0.704.